The van der Waals surface area contributed by atoms with Gasteiger partial charge >= 0.3 is 0 Å². The van der Waals surface area contributed by atoms with Crippen LogP contribution in [0.3, 0.4) is 0 Å². The Bertz CT molecular complexity index is 471. The number of pyridine rings is 1. The molecule has 0 spiro atoms. The van der Waals surface area contributed by atoms with Gasteiger partial charge in [0.25, 0.3) is 0 Å². The average Bonchev–Trinajstić information content (AvgIpc) is 2.33. The molecule has 0 radical (unpaired) electrons. The fraction of sp³-hybridized carbons (Fsp3) is 0.0833. The minimum absolute atomic E-state index is 0.349. The predicted molar refractivity (Wildman–Crippen MR) is 58.6 cm³/mol. The maximum Gasteiger partial charge on any atom is 0.219 e. The Kier molecular flexibility index (Phi) is 3.12. The third-order valence-corrected chi connectivity index (χ3v) is 2.11. The molecule has 16 heavy (non-hydrogen) atoms. The summed E-state index contributed by atoms with van der Waals surface area (Å²) in [6.07, 6.45) is 1.11. The van der Waals surface area contributed by atoms with Crippen LogP contribution in [-0.2, 0) is 6.54 Å². The first-order chi connectivity index (χ1) is 7.79. The number of nitrogens with two attached hydrogens (primary N) is 1. The normalized spacial score (nSPS) is 10.1. The molecule has 2 N–H and O–H groups in total. The van der Waals surface area contributed by atoms with Crippen LogP contribution >= 0.6 is 0 Å². The summed E-state index contributed by atoms with van der Waals surface area (Å²) in [6.45, 7) is 0.386. The molecule has 1 aromatic carbocycles. The van der Waals surface area contributed by atoms with Gasteiger partial charge in [-0.15, -0.1) is 0 Å². The molecule has 0 aliphatic heterocycles. The van der Waals surface area contributed by atoms with Gasteiger partial charge in [0, 0.05) is 18.2 Å². The van der Waals surface area contributed by atoms with E-state index in [0.29, 0.717) is 18.2 Å². The molecule has 4 heteroatoms. The van der Waals surface area contributed by atoms with Crippen molar-refractivity contribution < 1.29 is 9.13 Å². The van der Waals surface area contributed by atoms with Crippen molar-refractivity contribution in [1.29, 1.82) is 0 Å². The number of hydrogen-bond acceptors (Lipinski definition) is 3. The van der Waals surface area contributed by atoms with Crippen LogP contribution in [-0.4, -0.2) is 4.98 Å². The highest BCUT2D eigenvalue weighted by Crippen LogP contribution is 2.23. The summed E-state index contributed by atoms with van der Waals surface area (Å²) in [5.74, 6) is 0.603. The second kappa shape index (κ2) is 4.72. The molecule has 0 atom stereocenters. The first-order valence-electron chi connectivity index (χ1n) is 4.87. The first-order valence-corrected chi connectivity index (χ1v) is 4.87. The van der Waals surface area contributed by atoms with E-state index in [4.69, 9.17) is 10.5 Å². The SMILES string of the molecule is NCc1ccccc1Oc1ccc(F)cn1. The largest absolute Gasteiger partial charge is 0.439 e. The lowest BCUT2D eigenvalue weighted by atomic mass is 10.2. The van der Waals surface area contributed by atoms with Crippen LogP contribution in [0.25, 0.3) is 0 Å². The van der Waals surface area contributed by atoms with Gasteiger partial charge in [-0.2, -0.15) is 0 Å². The van der Waals surface area contributed by atoms with Crippen molar-refractivity contribution in [3.63, 3.8) is 0 Å². The zero-order chi connectivity index (χ0) is 11.4. The lowest BCUT2D eigenvalue weighted by Crippen LogP contribution is -1.99. The smallest absolute Gasteiger partial charge is 0.219 e. The molecule has 0 saturated carbocycles. The molecular formula is C12H11FN2O. The Morgan fingerprint density at radius 2 is 2.00 bits per heavy atom. The third-order valence-electron chi connectivity index (χ3n) is 2.11. The van der Waals surface area contributed by atoms with Crippen LogP contribution in [0.4, 0.5) is 4.39 Å². The van der Waals surface area contributed by atoms with Gasteiger partial charge in [0.15, 0.2) is 0 Å². The second-order valence-corrected chi connectivity index (χ2v) is 3.23. The molecule has 3 nitrogen and oxygen atoms in total. The molecule has 1 heterocycles. The molecule has 0 amide bonds. The number of rotatable bonds is 3. The zero-order valence-electron chi connectivity index (χ0n) is 8.56. The van der Waals surface area contributed by atoms with E-state index in [1.165, 1.54) is 12.1 Å². The molecule has 0 aliphatic rings. The maximum absolute atomic E-state index is 12.6. The highest BCUT2D eigenvalue weighted by molar-refractivity contribution is 5.35. The van der Waals surface area contributed by atoms with Gasteiger partial charge < -0.3 is 10.5 Å². The van der Waals surface area contributed by atoms with Gasteiger partial charge in [-0.25, -0.2) is 9.37 Å². The molecule has 2 aromatic rings. The number of ether oxygens (including phenoxy) is 1. The fourth-order valence-corrected chi connectivity index (χ4v) is 1.31. The van der Waals surface area contributed by atoms with Gasteiger partial charge in [-0.05, 0) is 12.1 Å². The predicted octanol–water partition coefficient (Wildman–Crippen LogP) is 2.47. The van der Waals surface area contributed by atoms with Crippen LogP contribution in [0.5, 0.6) is 11.6 Å². The molecule has 0 fully saturated rings. The molecule has 0 saturated heterocycles. The second-order valence-electron chi connectivity index (χ2n) is 3.23. The molecule has 0 unspecified atom stereocenters. The van der Waals surface area contributed by atoms with Crippen molar-refractivity contribution in [2.24, 2.45) is 5.73 Å². The topological polar surface area (TPSA) is 48.1 Å². The number of halogens is 1. The van der Waals surface area contributed by atoms with E-state index >= 15 is 0 Å². The molecule has 1 aromatic heterocycles. The highest BCUT2D eigenvalue weighted by Gasteiger charge is 2.03. The van der Waals surface area contributed by atoms with Crippen molar-refractivity contribution in [2.75, 3.05) is 0 Å². The Balaban J connectivity index is 2.23. The molecular weight excluding hydrogens is 207 g/mol. The number of nitrogens with zero attached hydrogens (tertiary/aromatic N) is 1. The minimum Gasteiger partial charge on any atom is -0.439 e. The summed E-state index contributed by atoms with van der Waals surface area (Å²) in [4.78, 5) is 3.81. The van der Waals surface area contributed by atoms with E-state index in [-0.39, 0.29) is 5.82 Å². The summed E-state index contributed by atoms with van der Waals surface area (Å²) in [5, 5.41) is 0. The number of aromatic nitrogens is 1. The maximum atomic E-state index is 12.6. The lowest BCUT2D eigenvalue weighted by Gasteiger charge is -2.08. The van der Waals surface area contributed by atoms with Crippen LogP contribution in [0.2, 0.25) is 0 Å². The number of benzene rings is 1. The van der Waals surface area contributed by atoms with Gasteiger partial charge in [0.05, 0.1) is 6.20 Å². The summed E-state index contributed by atoms with van der Waals surface area (Å²) in [6, 6.07) is 10.2. The van der Waals surface area contributed by atoms with Gasteiger partial charge in [-0.1, -0.05) is 18.2 Å². The number of hydrogen-bond donors (Lipinski definition) is 1. The quantitative estimate of drug-likeness (QED) is 0.860. The van der Waals surface area contributed by atoms with Crippen LogP contribution in [0, 0.1) is 5.82 Å². The van der Waals surface area contributed by atoms with E-state index in [9.17, 15) is 4.39 Å². The summed E-state index contributed by atoms with van der Waals surface area (Å²) in [7, 11) is 0. The standard InChI is InChI=1S/C12H11FN2O/c13-10-5-6-12(15-8-10)16-11-4-2-1-3-9(11)7-14/h1-6,8H,7,14H2. The summed E-state index contributed by atoms with van der Waals surface area (Å²) >= 11 is 0. The molecule has 2 rings (SSSR count). The van der Waals surface area contributed by atoms with E-state index < -0.39 is 0 Å². The highest BCUT2D eigenvalue weighted by atomic mass is 19.1. The van der Waals surface area contributed by atoms with E-state index in [1.807, 2.05) is 18.2 Å². The Labute approximate surface area is 92.7 Å². The van der Waals surface area contributed by atoms with Crippen LogP contribution in [0.1, 0.15) is 5.56 Å². The Morgan fingerprint density at radius 3 is 2.69 bits per heavy atom. The van der Waals surface area contributed by atoms with Crippen molar-refractivity contribution >= 4 is 0 Å². The van der Waals surface area contributed by atoms with Crippen molar-refractivity contribution in [1.82, 2.24) is 4.98 Å². The summed E-state index contributed by atoms with van der Waals surface area (Å²) in [5.41, 5.74) is 6.45. The van der Waals surface area contributed by atoms with Crippen LogP contribution in [0.15, 0.2) is 42.6 Å². The van der Waals surface area contributed by atoms with E-state index in [0.717, 1.165) is 11.8 Å². The third kappa shape index (κ3) is 2.35. The van der Waals surface area contributed by atoms with Gasteiger partial charge in [0.2, 0.25) is 5.88 Å². The zero-order valence-corrected chi connectivity index (χ0v) is 8.56. The van der Waals surface area contributed by atoms with Crippen molar-refractivity contribution in [2.45, 2.75) is 6.54 Å². The average molecular weight is 218 g/mol. The molecule has 82 valence electrons. The van der Waals surface area contributed by atoms with Crippen molar-refractivity contribution in [3.8, 4) is 11.6 Å². The van der Waals surface area contributed by atoms with E-state index in [1.54, 1.807) is 6.07 Å². The lowest BCUT2D eigenvalue weighted by molar-refractivity contribution is 0.454. The van der Waals surface area contributed by atoms with Crippen molar-refractivity contribution in [3.05, 3.63) is 54.0 Å². The van der Waals surface area contributed by atoms with E-state index in [2.05, 4.69) is 4.98 Å². The monoisotopic (exact) mass is 218 g/mol. The van der Waals surface area contributed by atoms with Gasteiger partial charge in [-0.3, -0.25) is 0 Å². The Morgan fingerprint density at radius 1 is 1.19 bits per heavy atom. The number of para-hydroxylation sites is 1. The molecule has 0 aliphatic carbocycles. The molecule has 0 bridgehead atoms. The van der Waals surface area contributed by atoms with Gasteiger partial charge in [0.1, 0.15) is 11.6 Å². The summed E-state index contributed by atoms with van der Waals surface area (Å²) < 4.78 is 18.1. The minimum atomic E-state index is -0.389. The first kappa shape index (κ1) is 10.6. The van der Waals surface area contributed by atoms with Crippen LogP contribution < -0.4 is 10.5 Å². The Hall–Kier alpha value is -1.94. The fourth-order valence-electron chi connectivity index (χ4n) is 1.31.